The Morgan fingerprint density at radius 3 is 0.571 bits per heavy atom. The zero-order valence-electron chi connectivity index (χ0n) is 11.0. The van der Waals surface area contributed by atoms with Gasteiger partial charge in [-0.3, -0.25) is 0 Å². The number of hydrogen-bond acceptors (Lipinski definition) is 0. The Morgan fingerprint density at radius 1 is 0.571 bits per heavy atom. The molecule has 14 heavy (non-hydrogen) atoms. The summed E-state index contributed by atoms with van der Waals surface area (Å²) in [6, 6.07) is 0. The summed E-state index contributed by atoms with van der Waals surface area (Å²) in [6.07, 6.45) is 2.00. The van der Waals surface area contributed by atoms with Crippen LogP contribution < -0.4 is 0 Å². The topological polar surface area (TPSA) is 0 Å². The van der Waals surface area contributed by atoms with E-state index in [1.54, 1.807) is 0 Å². The van der Waals surface area contributed by atoms with Crippen molar-refractivity contribution < 1.29 is 196 Å². The maximum Gasteiger partial charge on any atom is 3.00 e. The molecule has 0 aromatic rings. The predicted octanol–water partition coefficient (Wildman–Crippen LogP) is 3.59. The van der Waals surface area contributed by atoms with Gasteiger partial charge in [-0.2, -0.15) is 13.8 Å². The van der Waals surface area contributed by atoms with E-state index < -0.39 is 0 Å². The van der Waals surface area contributed by atoms with Crippen molar-refractivity contribution in [3.8, 4) is 0 Å². The molecule has 0 aliphatic heterocycles. The first kappa shape index (κ1) is 85.8. The van der Waals surface area contributed by atoms with Crippen molar-refractivity contribution in [1.29, 1.82) is 0 Å². The van der Waals surface area contributed by atoms with Crippen molar-refractivity contribution in [3.05, 3.63) is 28.7 Å². The molecule has 5 radical (unpaired) electrons. The van der Waals surface area contributed by atoms with Crippen LogP contribution in [0.15, 0.2) is 0 Å². The van der Waals surface area contributed by atoms with Crippen LogP contribution in [0.3, 0.4) is 0 Å². The Kier molecular flexibility index (Phi) is 717. The van der Waals surface area contributed by atoms with Crippen molar-refractivity contribution >= 4 is 0 Å². The summed E-state index contributed by atoms with van der Waals surface area (Å²) in [6.45, 7) is 8.00. The molecular weight excluding hydrogens is 630 g/mol. The Labute approximate surface area is 246 Å². The molecule has 0 aliphatic carbocycles. The van der Waals surface area contributed by atoms with Gasteiger partial charge in [-0.1, -0.05) is 13.8 Å². The van der Waals surface area contributed by atoms with Gasteiger partial charge in [-0.25, -0.2) is 0 Å². The van der Waals surface area contributed by atoms with E-state index in [4.69, 9.17) is 0 Å². The summed E-state index contributed by atoms with van der Waals surface area (Å²) in [4.78, 5) is 0. The molecule has 0 N–H and O–H groups in total. The molecule has 0 saturated heterocycles. The van der Waals surface area contributed by atoms with Gasteiger partial charge in [0.05, 0.1) is 0 Å². The molecule has 0 unspecified atom stereocenters. The Bertz CT molecular complexity index is 13.8. The van der Waals surface area contributed by atoms with Crippen molar-refractivity contribution in [2.75, 3.05) is 0 Å². The molecule has 6 heteroatoms. The van der Waals surface area contributed by atoms with E-state index in [9.17, 15) is 0 Å². The molecule has 0 aromatic heterocycles. The molecule has 73 valence electrons. The van der Waals surface area contributed by atoms with E-state index >= 15 is 0 Å². The zero-order valence-corrected chi connectivity index (χ0v) is 28.1. The first-order valence-electron chi connectivity index (χ1n) is 2.15. The van der Waals surface area contributed by atoms with E-state index in [1.165, 1.54) is 0 Å². The van der Waals surface area contributed by atoms with Crippen molar-refractivity contribution in [2.24, 2.45) is 0 Å². The fourth-order valence-corrected chi connectivity index (χ4v) is 0. The second kappa shape index (κ2) is 117. The molecule has 0 rings (SSSR count). The third-order valence-electron chi connectivity index (χ3n) is 0. The predicted molar refractivity (Wildman–Crippen MR) is 46.2 cm³/mol. The van der Waals surface area contributed by atoms with Crippen LogP contribution in [0.4, 0.5) is 0 Å². The van der Waals surface area contributed by atoms with Crippen LogP contribution in [0.5, 0.6) is 0 Å². The standard InChI is InChI=1S/C3H7.C2H6.3CH3.6Y/c1-3-2;1-2;;;;;;;;;/h3H,1-2H3;1-2H3;3*1H3;;;;;;/q-1;;3*-1;;;;;;+3. The van der Waals surface area contributed by atoms with Crippen molar-refractivity contribution in [2.45, 2.75) is 27.7 Å². The van der Waals surface area contributed by atoms with Gasteiger partial charge in [0.2, 0.25) is 0 Å². The summed E-state index contributed by atoms with van der Waals surface area (Å²) in [5.41, 5.74) is 0. The number of hydrogen-bond donors (Lipinski definition) is 0. The molecule has 0 atom stereocenters. The van der Waals surface area contributed by atoms with Gasteiger partial charge >= 0.3 is 32.7 Å². The maximum atomic E-state index is 2.00. The Balaban J connectivity index is -0.000000000884. The van der Waals surface area contributed by atoms with E-state index in [-0.39, 0.29) is 219 Å². The third kappa shape index (κ3) is 132. The SMILES string of the molecule is CC.C[CH-]C.[CH3-].[CH3-].[CH3-].[Y+3].[Y].[Y].[Y].[Y].[Y]. The molecule has 0 aliphatic rings. The molecule has 0 spiro atoms. The summed E-state index contributed by atoms with van der Waals surface area (Å²) < 4.78 is 0. The summed E-state index contributed by atoms with van der Waals surface area (Å²) >= 11 is 0. The van der Waals surface area contributed by atoms with Gasteiger partial charge in [-0.05, 0) is 0 Å². The van der Waals surface area contributed by atoms with Crippen LogP contribution >= 0.6 is 0 Å². The average molecular weight is 652 g/mol. The molecule has 0 fully saturated rings. The van der Waals surface area contributed by atoms with Gasteiger partial charge in [-0.15, -0.1) is 0 Å². The van der Waals surface area contributed by atoms with E-state index in [2.05, 4.69) is 0 Å². The van der Waals surface area contributed by atoms with Crippen LogP contribution in [0.2, 0.25) is 0 Å². The van der Waals surface area contributed by atoms with Crippen LogP contribution in [0.1, 0.15) is 27.7 Å². The zero-order chi connectivity index (χ0) is 4.71. The van der Waals surface area contributed by atoms with Gasteiger partial charge in [0.15, 0.2) is 0 Å². The largest absolute Gasteiger partial charge is 3.00 e. The van der Waals surface area contributed by atoms with E-state index in [0.717, 1.165) is 0 Å². The van der Waals surface area contributed by atoms with Crippen molar-refractivity contribution in [1.82, 2.24) is 0 Å². The minimum absolute atomic E-state index is 0. The molecular formula is C8H22Y6-. The van der Waals surface area contributed by atoms with Crippen molar-refractivity contribution in [3.63, 3.8) is 0 Å². The quantitative estimate of drug-likeness (QED) is 0.352. The normalized spacial score (nSPS) is 1.71. The summed E-state index contributed by atoms with van der Waals surface area (Å²) in [5, 5.41) is 0. The van der Waals surface area contributed by atoms with Crippen LogP contribution in [0, 0.1) is 28.7 Å². The third-order valence-corrected chi connectivity index (χ3v) is 0. The molecule has 0 nitrogen and oxygen atoms in total. The van der Waals surface area contributed by atoms with Gasteiger partial charge in [0.1, 0.15) is 0 Å². The summed E-state index contributed by atoms with van der Waals surface area (Å²) in [5.74, 6) is 0. The van der Waals surface area contributed by atoms with Crippen LogP contribution in [0.25, 0.3) is 0 Å². The van der Waals surface area contributed by atoms with E-state index in [0.29, 0.717) is 0 Å². The first-order chi connectivity index (χ1) is 2.41. The minimum atomic E-state index is 0. The number of rotatable bonds is 0. The maximum absolute atomic E-state index is 2.00. The molecule has 0 bridgehead atoms. The fraction of sp³-hybridized carbons (Fsp3) is 0.500. The molecule has 0 saturated carbocycles. The minimum Gasteiger partial charge on any atom is -0.358 e. The summed E-state index contributed by atoms with van der Waals surface area (Å²) in [7, 11) is 0. The van der Waals surface area contributed by atoms with Gasteiger partial charge < -0.3 is 28.7 Å². The van der Waals surface area contributed by atoms with Gasteiger partial charge in [0.25, 0.3) is 0 Å². The first-order valence-corrected chi connectivity index (χ1v) is 2.15. The average Bonchev–Trinajstić information content (AvgIpc) is 1.46. The monoisotopic (exact) mass is 652 g/mol. The van der Waals surface area contributed by atoms with Crippen LogP contribution in [-0.4, -0.2) is 0 Å². The Hall–Kier alpha value is 6.62. The van der Waals surface area contributed by atoms with Gasteiger partial charge in [0, 0.05) is 164 Å². The van der Waals surface area contributed by atoms with E-state index in [1.807, 2.05) is 34.1 Å². The second-order valence-electron chi connectivity index (χ2n) is 0.577. The molecule has 0 aromatic carbocycles. The Morgan fingerprint density at radius 2 is 0.571 bits per heavy atom. The fourth-order valence-electron chi connectivity index (χ4n) is 0. The molecule has 0 amide bonds. The molecule has 0 heterocycles. The second-order valence-corrected chi connectivity index (χ2v) is 0.577. The van der Waals surface area contributed by atoms with Crippen LogP contribution in [-0.2, 0) is 196 Å². The smallest absolute Gasteiger partial charge is 0.358 e.